The second-order valence-electron chi connectivity index (χ2n) is 23.3. The Balaban J connectivity index is 1.06. The van der Waals surface area contributed by atoms with Gasteiger partial charge in [-0.3, -0.25) is 0 Å². The lowest BCUT2D eigenvalue weighted by Crippen LogP contribution is -2.35. The zero-order valence-corrected chi connectivity index (χ0v) is 46.8. The standard InChI is InChI=1S/C85H56/c1-4-22-57(23-5-1)60-40-47-64(48-41-60)83(76-35-17-12-30-71(76)72-31-13-18-36-77(72)83)67-54-68(84(65-49-42-61(43-50-65)58-24-6-2-7-25-58)78-37-19-14-32-73(78)74-33-15-20-38-79(74)84)56-69(55-67)85(66-51-44-62(45-52-66)59-26-8-3-9-27-59)80-39-21-16-34-75(80)82-70-29-11-10-28-63(70)46-53-81(82)85/h1-56H. The Labute approximate surface area is 497 Å². The number of fused-ring (bicyclic) bond motifs is 11. The van der Waals surface area contributed by atoms with Crippen molar-refractivity contribution < 1.29 is 0 Å². The van der Waals surface area contributed by atoms with Crippen molar-refractivity contribution in [2.75, 3.05) is 0 Å². The first-order chi connectivity index (χ1) is 42.1. The molecular weight excluding hydrogens is 1020 g/mol. The highest BCUT2D eigenvalue weighted by Gasteiger charge is 2.53. The Morgan fingerprint density at radius 2 is 0.435 bits per heavy atom. The molecule has 14 aromatic rings. The van der Waals surface area contributed by atoms with Gasteiger partial charge in [0, 0.05) is 0 Å². The van der Waals surface area contributed by atoms with Crippen molar-refractivity contribution in [1.82, 2.24) is 0 Å². The van der Waals surface area contributed by atoms with Gasteiger partial charge in [-0.15, -0.1) is 0 Å². The van der Waals surface area contributed by atoms with E-state index in [4.69, 9.17) is 0 Å². The molecule has 0 nitrogen and oxygen atoms in total. The molecule has 0 fully saturated rings. The van der Waals surface area contributed by atoms with Gasteiger partial charge < -0.3 is 0 Å². The molecule has 17 rings (SSSR count). The molecule has 0 saturated heterocycles. The summed E-state index contributed by atoms with van der Waals surface area (Å²) in [7, 11) is 0. The molecule has 0 bridgehead atoms. The average Bonchev–Trinajstić information content (AvgIpc) is 1.61. The molecule has 0 amide bonds. The molecule has 0 spiro atoms. The van der Waals surface area contributed by atoms with E-state index in [1.807, 2.05) is 0 Å². The summed E-state index contributed by atoms with van der Waals surface area (Å²) in [4.78, 5) is 0. The van der Waals surface area contributed by atoms with E-state index < -0.39 is 16.2 Å². The van der Waals surface area contributed by atoms with E-state index in [1.54, 1.807) is 0 Å². The molecule has 0 saturated carbocycles. The van der Waals surface area contributed by atoms with E-state index >= 15 is 0 Å². The predicted octanol–water partition coefficient (Wildman–Crippen LogP) is 20.9. The Morgan fingerprint density at radius 3 is 0.800 bits per heavy atom. The summed E-state index contributed by atoms with van der Waals surface area (Å²) >= 11 is 0. The summed E-state index contributed by atoms with van der Waals surface area (Å²) in [5.74, 6) is 0. The van der Waals surface area contributed by atoms with Gasteiger partial charge in [-0.2, -0.15) is 0 Å². The van der Waals surface area contributed by atoms with E-state index in [9.17, 15) is 0 Å². The molecule has 0 radical (unpaired) electrons. The van der Waals surface area contributed by atoms with Crippen LogP contribution in [0.1, 0.15) is 66.8 Å². The van der Waals surface area contributed by atoms with Crippen molar-refractivity contribution in [1.29, 1.82) is 0 Å². The van der Waals surface area contributed by atoms with Crippen LogP contribution in [0.15, 0.2) is 340 Å². The fourth-order valence-corrected chi connectivity index (χ4v) is 15.8. The highest BCUT2D eigenvalue weighted by atomic mass is 14.5. The van der Waals surface area contributed by atoms with Crippen LogP contribution in [0, 0.1) is 0 Å². The zero-order chi connectivity index (χ0) is 56.1. The first kappa shape index (κ1) is 49.0. The SMILES string of the molecule is c1ccc(-c2ccc(C3(c4cc(C5(c6ccc(-c7ccccc7)cc6)c6ccccc6-c6ccccc65)cc(C5(c6ccc(-c7ccccc7)cc6)c6ccccc6-c6c5ccc5ccccc65)c4)c4ccccc4-c4ccccc43)cc2)cc1. The summed E-state index contributed by atoms with van der Waals surface area (Å²) in [5, 5.41) is 2.49. The molecule has 0 heteroatoms. The van der Waals surface area contributed by atoms with Crippen LogP contribution >= 0.6 is 0 Å². The molecule has 3 aliphatic carbocycles. The minimum Gasteiger partial charge on any atom is -0.0622 e. The van der Waals surface area contributed by atoms with Gasteiger partial charge in [0.1, 0.15) is 0 Å². The van der Waals surface area contributed by atoms with Gasteiger partial charge >= 0.3 is 0 Å². The summed E-state index contributed by atoms with van der Waals surface area (Å²) in [5.41, 5.74) is 27.4. The minimum absolute atomic E-state index is 0.772. The van der Waals surface area contributed by atoms with Crippen molar-refractivity contribution in [3.63, 3.8) is 0 Å². The lowest BCUT2D eigenvalue weighted by atomic mass is 9.60. The third kappa shape index (κ3) is 7.04. The molecule has 1 atom stereocenters. The van der Waals surface area contributed by atoms with E-state index in [0.717, 1.165) is 0 Å². The van der Waals surface area contributed by atoms with Crippen molar-refractivity contribution in [2.45, 2.75) is 16.2 Å². The van der Waals surface area contributed by atoms with E-state index in [-0.39, 0.29) is 0 Å². The fourth-order valence-electron chi connectivity index (χ4n) is 15.8. The minimum atomic E-state index is -0.804. The second-order valence-corrected chi connectivity index (χ2v) is 23.3. The summed E-state index contributed by atoms with van der Waals surface area (Å²) in [6.07, 6.45) is 0. The molecule has 14 aromatic carbocycles. The zero-order valence-electron chi connectivity index (χ0n) is 46.8. The largest absolute Gasteiger partial charge is 0.0714 e. The van der Waals surface area contributed by atoms with Gasteiger partial charge in [0.2, 0.25) is 0 Å². The first-order valence-electron chi connectivity index (χ1n) is 29.8. The third-order valence-electron chi connectivity index (χ3n) is 19.3. The van der Waals surface area contributed by atoms with Crippen molar-refractivity contribution in [2.24, 2.45) is 0 Å². The van der Waals surface area contributed by atoms with Crippen molar-refractivity contribution in [3.05, 3.63) is 406 Å². The quantitative estimate of drug-likeness (QED) is 0.135. The molecule has 3 aliphatic rings. The number of rotatable bonds is 9. The molecular formula is C85H56. The average molecular weight is 1080 g/mol. The van der Waals surface area contributed by atoms with Gasteiger partial charge in [-0.25, -0.2) is 0 Å². The maximum Gasteiger partial charge on any atom is 0.0714 e. The monoisotopic (exact) mass is 1080 g/mol. The summed E-state index contributed by atoms with van der Waals surface area (Å²) in [6, 6.07) is 129. The normalized spacial score (nSPS) is 15.3. The highest BCUT2D eigenvalue weighted by molar-refractivity contribution is 6.04. The Kier molecular flexibility index (Phi) is 11.1. The number of hydrogen-bond acceptors (Lipinski definition) is 0. The smallest absolute Gasteiger partial charge is 0.0622 e. The summed E-state index contributed by atoms with van der Waals surface area (Å²) in [6.45, 7) is 0. The van der Waals surface area contributed by atoms with E-state index in [1.165, 1.54) is 144 Å². The van der Waals surface area contributed by atoms with Crippen LogP contribution in [0.5, 0.6) is 0 Å². The molecule has 0 heterocycles. The van der Waals surface area contributed by atoms with E-state index in [2.05, 4.69) is 340 Å². The van der Waals surface area contributed by atoms with Crippen molar-refractivity contribution >= 4 is 10.8 Å². The van der Waals surface area contributed by atoms with Crippen LogP contribution in [-0.4, -0.2) is 0 Å². The van der Waals surface area contributed by atoms with Gasteiger partial charge in [-0.05, 0) is 144 Å². The Morgan fingerprint density at radius 1 is 0.165 bits per heavy atom. The van der Waals surface area contributed by atoms with Crippen LogP contribution < -0.4 is 0 Å². The van der Waals surface area contributed by atoms with Gasteiger partial charge in [0.25, 0.3) is 0 Å². The molecule has 0 aliphatic heterocycles. The number of benzene rings is 14. The molecule has 0 aromatic heterocycles. The van der Waals surface area contributed by atoms with Crippen LogP contribution in [0.4, 0.5) is 0 Å². The number of hydrogen-bond donors (Lipinski definition) is 0. The summed E-state index contributed by atoms with van der Waals surface area (Å²) < 4.78 is 0. The van der Waals surface area contributed by atoms with Crippen LogP contribution in [-0.2, 0) is 16.2 Å². The lowest BCUT2D eigenvalue weighted by Gasteiger charge is -2.41. The third-order valence-corrected chi connectivity index (χ3v) is 19.3. The molecule has 396 valence electrons. The van der Waals surface area contributed by atoms with E-state index in [0.29, 0.717) is 0 Å². The molecule has 85 heavy (non-hydrogen) atoms. The molecule has 0 N–H and O–H groups in total. The van der Waals surface area contributed by atoms with Crippen molar-refractivity contribution in [3.8, 4) is 66.8 Å². The highest BCUT2D eigenvalue weighted by Crippen LogP contribution is 2.64. The van der Waals surface area contributed by atoms with Gasteiger partial charge in [0.05, 0.1) is 16.2 Å². The maximum absolute atomic E-state index is 2.65. The van der Waals surface area contributed by atoms with Gasteiger partial charge in [-0.1, -0.05) is 340 Å². The maximum atomic E-state index is 2.65. The predicted molar refractivity (Wildman–Crippen MR) is 352 cm³/mol. The second kappa shape index (κ2) is 19.2. The fraction of sp³-hybridized carbons (Fsp3) is 0.0353. The lowest BCUT2D eigenvalue weighted by molar-refractivity contribution is 0.713. The molecule has 1 unspecified atom stereocenters. The van der Waals surface area contributed by atoms with Gasteiger partial charge in [0.15, 0.2) is 0 Å². The Bertz CT molecular complexity index is 4610. The van der Waals surface area contributed by atoms with Crippen LogP contribution in [0.3, 0.4) is 0 Å². The Hall–Kier alpha value is -10.7. The topological polar surface area (TPSA) is 0 Å². The van der Waals surface area contributed by atoms with Crippen LogP contribution in [0.2, 0.25) is 0 Å². The first-order valence-corrected chi connectivity index (χ1v) is 29.8. The van der Waals surface area contributed by atoms with Crippen LogP contribution in [0.25, 0.3) is 77.5 Å².